The van der Waals surface area contributed by atoms with E-state index in [9.17, 15) is 19.5 Å². The van der Waals surface area contributed by atoms with E-state index in [0.717, 1.165) is 19.8 Å². The van der Waals surface area contributed by atoms with E-state index in [-0.39, 0.29) is 0 Å². The van der Waals surface area contributed by atoms with Gasteiger partial charge in [0.2, 0.25) is 5.60 Å². The van der Waals surface area contributed by atoms with E-state index in [1.807, 2.05) is 18.2 Å². The topological polar surface area (TPSA) is 89.9 Å². The highest BCUT2D eigenvalue weighted by Gasteiger charge is 2.48. The molecule has 1 N–H and O–H groups in total. The van der Waals surface area contributed by atoms with Crippen LogP contribution in [-0.4, -0.2) is 42.6 Å². The van der Waals surface area contributed by atoms with Crippen LogP contribution >= 0.6 is 0 Å². The zero-order chi connectivity index (χ0) is 15.9. The van der Waals surface area contributed by atoms with Crippen molar-refractivity contribution in [2.75, 3.05) is 14.2 Å². The lowest BCUT2D eigenvalue weighted by Gasteiger charge is -2.20. The average Bonchev–Trinajstić information content (AvgIpc) is 2.53. The minimum atomic E-state index is -2.59. The van der Waals surface area contributed by atoms with Crippen molar-refractivity contribution in [3.05, 3.63) is 42.0 Å². The molecule has 0 radical (unpaired) electrons. The fourth-order valence-electron chi connectivity index (χ4n) is 1.63. The van der Waals surface area contributed by atoms with Crippen molar-refractivity contribution in [3.8, 4) is 0 Å². The van der Waals surface area contributed by atoms with Crippen LogP contribution in [0.1, 0.15) is 12.0 Å². The molecule has 21 heavy (non-hydrogen) atoms. The second kappa shape index (κ2) is 7.35. The highest BCUT2D eigenvalue weighted by Crippen LogP contribution is 2.17. The predicted octanol–water partition coefficient (Wildman–Crippen LogP) is 0.736. The van der Waals surface area contributed by atoms with Gasteiger partial charge in [0, 0.05) is 6.42 Å². The maximum Gasteiger partial charge on any atom is 0.378 e. The summed E-state index contributed by atoms with van der Waals surface area (Å²) in [5.41, 5.74) is -1.78. The summed E-state index contributed by atoms with van der Waals surface area (Å²) in [7, 11) is 2.00. The first-order chi connectivity index (χ1) is 9.95. The van der Waals surface area contributed by atoms with Crippen molar-refractivity contribution in [2.24, 2.45) is 0 Å². The molecular formula is C15H16O6. The summed E-state index contributed by atoms with van der Waals surface area (Å²) in [5.74, 6) is -3.89. The van der Waals surface area contributed by atoms with E-state index in [0.29, 0.717) is 0 Å². The normalized spacial score (nSPS) is 13.5. The van der Waals surface area contributed by atoms with Gasteiger partial charge in [0.25, 0.3) is 5.78 Å². The number of carbonyl (C=O) groups is 3. The van der Waals surface area contributed by atoms with Crippen molar-refractivity contribution < 1.29 is 29.0 Å². The Hall–Kier alpha value is -2.47. The van der Waals surface area contributed by atoms with Gasteiger partial charge in [-0.1, -0.05) is 42.5 Å². The molecule has 6 heteroatoms. The highest BCUT2D eigenvalue weighted by molar-refractivity contribution is 6.41. The molecule has 0 amide bonds. The molecule has 0 bridgehead atoms. The molecular weight excluding hydrogens is 276 g/mol. The summed E-state index contributed by atoms with van der Waals surface area (Å²) in [6.07, 6.45) is 2.62. The van der Waals surface area contributed by atoms with E-state index in [4.69, 9.17) is 0 Å². The van der Waals surface area contributed by atoms with Crippen molar-refractivity contribution >= 4 is 23.8 Å². The summed E-state index contributed by atoms with van der Waals surface area (Å²) in [6, 6.07) is 9.06. The van der Waals surface area contributed by atoms with E-state index in [1.165, 1.54) is 6.08 Å². The Labute approximate surface area is 122 Å². The van der Waals surface area contributed by atoms with Crippen LogP contribution in [0.3, 0.4) is 0 Å². The summed E-state index contributed by atoms with van der Waals surface area (Å²) in [6.45, 7) is 0. The maximum absolute atomic E-state index is 11.8. The second-order valence-corrected chi connectivity index (χ2v) is 4.19. The number of hydrogen-bond donors (Lipinski definition) is 1. The number of rotatable bonds is 6. The number of aliphatic hydroxyl groups is 1. The van der Waals surface area contributed by atoms with E-state index in [2.05, 4.69) is 9.47 Å². The standard InChI is InChI=1S/C15H16O6/c1-20-13(17)12(16)15(19,14(18)21-2)10-6-9-11-7-4-3-5-8-11/h3-9,19H,10H2,1-2H3/b9-6+. The van der Waals surface area contributed by atoms with Gasteiger partial charge in [0.1, 0.15) is 0 Å². The zero-order valence-corrected chi connectivity index (χ0v) is 11.7. The van der Waals surface area contributed by atoms with Gasteiger partial charge in [-0.2, -0.15) is 0 Å². The summed E-state index contributed by atoms with van der Waals surface area (Å²) < 4.78 is 8.62. The lowest BCUT2D eigenvalue weighted by molar-refractivity contribution is -0.174. The van der Waals surface area contributed by atoms with Crippen molar-refractivity contribution in [2.45, 2.75) is 12.0 Å². The Balaban J connectivity index is 2.94. The van der Waals surface area contributed by atoms with E-state index >= 15 is 0 Å². The molecule has 0 spiro atoms. The predicted molar refractivity (Wildman–Crippen MR) is 74.1 cm³/mol. The number of hydrogen-bond acceptors (Lipinski definition) is 6. The summed E-state index contributed by atoms with van der Waals surface area (Å²) in [5, 5.41) is 10.2. The molecule has 0 aliphatic heterocycles. The van der Waals surface area contributed by atoms with Crippen LogP contribution in [0, 0.1) is 0 Å². The summed E-state index contributed by atoms with van der Waals surface area (Å²) >= 11 is 0. The Bertz CT molecular complexity index is 549. The van der Waals surface area contributed by atoms with Crippen molar-refractivity contribution in [1.29, 1.82) is 0 Å². The first kappa shape index (κ1) is 16.6. The molecule has 0 fully saturated rings. The molecule has 0 aromatic heterocycles. The molecule has 0 heterocycles. The smallest absolute Gasteiger partial charge is 0.378 e. The molecule has 1 rings (SSSR count). The van der Waals surface area contributed by atoms with Gasteiger partial charge in [0.15, 0.2) is 0 Å². The van der Waals surface area contributed by atoms with Crippen LogP contribution in [0.5, 0.6) is 0 Å². The quantitative estimate of drug-likeness (QED) is 0.472. The molecule has 112 valence electrons. The first-order valence-corrected chi connectivity index (χ1v) is 6.11. The van der Waals surface area contributed by atoms with Gasteiger partial charge < -0.3 is 14.6 Å². The Morgan fingerprint density at radius 1 is 1.14 bits per heavy atom. The van der Waals surface area contributed by atoms with Gasteiger partial charge in [-0.25, -0.2) is 9.59 Å². The lowest BCUT2D eigenvalue weighted by atomic mass is 9.93. The molecule has 1 unspecified atom stereocenters. The monoisotopic (exact) mass is 292 g/mol. The van der Waals surface area contributed by atoms with Crippen molar-refractivity contribution in [3.63, 3.8) is 0 Å². The Morgan fingerprint density at radius 2 is 1.76 bits per heavy atom. The summed E-state index contributed by atoms with van der Waals surface area (Å²) in [4.78, 5) is 34.6. The van der Waals surface area contributed by atoms with Crippen LogP contribution < -0.4 is 0 Å². The third-order valence-corrected chi connectivity index (χ3v) is 2.79. The fourth-order valence-corrected chi connectivity index (χ4v) is 1.63. The van der Waals surface area contributed by atoms with Gasteiger partial charge in [-0.15, -0.1) is 0 Å². The molecule has 1 aromatic carbocycles. The van der Waals surface area contributed by atoms with Gasteiger partial charge in [-0.3, -0.25) is 4.79 Å². The van der Waals surface area contributed by atoms with Crippen LogP contribution in [0.15, 0.2) is 36.4 Å². The fraction of sp³-hybridized carbons (Fsp3) is 0.267. The minimum Gasteiger partial charge on any atom is -0.467 e. The van der Waals surface area contributed by atoms with Crippen LogP contribution in [0.2, 0.25) is 0 Å². The van der Waals surface area contributed by atoms with Gasteiger partial charge in [0.05, 0.1) is 14.2 Å². The number of Topliss-reactive ketones (excluding diaryl/α,β-unsaturated/α-hetero) is 1. The Morgan fingerprint density at radius 3 is 2.29 bits per heavy atom. The number of benzene rings is 1. The van der Waals surface area contributed by atoms with Gasteiger partial charge >= 0.3 is 11.9 Å². The molecule has 0 aliphatic carbocycles. The lowest BCUT2D eigenvalue weighted by Crippen LogP contribution is -2.50. The molecule has 0 saturated carbocycles. The van der Waals surface area contributed by atoms with Crippen LogP contribution in [0.25, 0.3) is 6.08 Å². The molecule has 0 saturated heterocycles. The molecule has 1 aromatic rings. The number of ketones is 1. The number of esters is 2. The first-order valence-electron chi connectivity index (χ1n) is 6.11. The SMILES string of the molecule is COC(=O)C(=O)C(O)(C/C=C/c1ccccc1)C(=O)OC. The second-order valence-electron chi connectivity index (χ2n) is 4.19. The van der Waals surface area contributed by atoms with E-state index in [1.54, 1.807) is 18.2 Å². The molecule has 1 atom stereocenters. The number of ether oxygens (including phenoxy) is 2. The van der Waals surface area contributed by atoms with Crippen LogP contribution in [-0.2, 0) is 23.9 Å². The van der Waals surface area contributed by atoms with Crippen LogP contribution in [0.4, 0.5) is 0 Å². The minimum absolute atomic E-state index is 0.400. The van der Waals surface area contributed by atoms with Gasteiger partial charge in [-0.05, 0) is 5.56 Å². The van der Waals surface area contributed by atoms with E-state index < -0.39 is 29.7 Å². The molecule has 6 nitrogen and oxygen atoms in total. The van der Waals surface area contributed by atoms with Crippen molar-refractivity contribution in [1.82, 2.24) is 0 Å². The third-order valence-electron chi connectivity index (χ3n) is 2.79. The average molecular weight is 292 g/mol. The maximum atomic E-state index is 11.8. The number of carbonyl (C=O) groups excluding carboxylic acids is 3. The number of methoxy groups -OCH3 is 2. The Kier molecular flexibility index (Phi) is 5.80. The zero-order valence-electron chi connectivity index (χ0n) is 11.7. The molecule has 0 aliphatic rings. The highest BCUT2D eigenvalue weighted by atomic mass is 16.5. The largest absolute Gasteiger partial charge is 0.467 e. The third kappa shape index (κ3) is 4.00.